The van der Waals surface area contributed by atoms with Crippen molar-refractivity contribution in [2.75, 3.05) is 20.3 Å². The Kier molecular flexibility index (Phi) is 6.19. The molecule has 0 unspecified atom stereocenters. The Morgan fingerprint density at radius 2 is 1.93 bits per heavy atom. The molecule has 0 saturated carbocycles. The van der Waals surface area contributed by atoms with Gasteiger partial charge in [0.25, 0.3) is 5.56 Å². The number of carbonyl (C=O) groups excluding carboxylic acids is 1. The van der Waals surface area contributed by atoms with Crippen LogP contribution in [0.25, 0.3) is 16.9 Å². The molecular formula is C19H21ClN4O5. The van der Waals surface area contributed by atoms with Gasteiger partial charge in [-0.1, -0.05) is 11.6 Å². The number of hydrogen-bond donors (Lipinski definition) is 0. The summed E-state index contributed by atoms with van der Waals surface area (Å²) in [5.41, 5.74) is -0.357. The van der Waals surface area contributed by atoms with Crippen LogP contribution in [0.1, 0.15) is 19.9 Å². The van der Waals surface area contributed by atoms with Gasteiger partial charge in [-0.15, -0.1) is 0 Å². The molecule has 10 heteroatoms. The molecule has 0 aliphatic rings. The van der Waals surface area contributed by atoms with Crippen LogP contribution in [0.5, 0.6) is 0 Å². The van der Waals surface area contributed by atoms with E-state index in [4.69, 9.17) is 21.1 Å². The first-order valence-electron chi connectivity index (χ1n) is 9.04. The van der Waals surface area contributed by atoms with Crippen LogP contribution in [-0.2, 0) is 20.8 Å². The minimum atomic E-state index is -0.792. The maximum atomic E-state index is 13.1. The van der Waals surface area contributed by atoms with Gasteiger partial charge in [0.2, 0.25) is 0 Å². The highest BCUT2D eigenvalue weighted by Gasteiger charge is 2.24. The van der Waals surface area contributed by atoms with Crippen molar-refractivity contribution in [3.8, 4) is 5.69 Å². The quantitative estimate of drug-likeness (QED) is 0.540. The van der Waals surface area contributed by atoms with Crippen molar-refractivity contribution < 1.29 is 14.3 Å². The van der Waals surface area contributed by atoms with Gasteiger partial charge in [0.1, 0.15) is 6.04 Å². The Balaban J connectivity index is 2.33. The van der Waals surface area contributed by atoms with E-state index in [0.29, 0.717) is 10.7 Å². The molecule has 2 aromatic heterocycles. The lowest BCUT2D eigenvalue weighted by atomic mass is 10.3. The van der Waals surface area contributed by atoms with Crippen LogP contribution in [0.2, 0.25) is 5.02 Å². The number of halogens is 1. The minimum Gasteiger partial charge on any atom is -0.464 e. The molecule has 154 valence electrons. The summed E-state index contributed by atoms with van der Waals surface area (Å²) in [5, 5.41) is 0.507. The van der Waals surface area contributed by atoms with Crippen LogP contribution in [0.4, 0.5) is 0 Å². The summed E-state index contributed by atoms with van der Waals surface area (Å²) in [7, 11) is 1.48. The summed E-state index contributed by atoms with van der Waals surface area (Å²) in [6.45, 7) is 3.74. The molecule has 0 radical (unpaired) electrons. The second-order valence-corrected chi connectivity index (χ2v) is 6.73. The van der Waals surface area contributed by atoms with Gasteiger partial charge in [-0.25, -0.2) is 19.1 Å². The first kappa shape index (κ1) is 20.8. The van der Waals surface area contributed by atoms with Crippen LogP contribution >= 0.6 is 11.6 Å². The molecule has 0 fully saturated rings. The van der Waals surface area contributed by atoms with E-state index in [1.165, 1.54) is 22.6 Å². The van der Waals surface area contributed by atoms with Crippen molar-refractivity contribution in [2.45, 2.75) is 26.4 Å². The number of ether oxygens (including phenoxy) is 2. The number of imidazole rings is 1. The van der Waals surface area contributed by atoms with E-state index in [1.54, 1.807) is 38.1 Å². The van der Waals surface area contributed by atoms with E-state index in [9.17, 15) is 14.4 Å². The fraction of sp³-hybridized carbons (Fsp3) is 0.368. The van der Waals surface area contributed by atoms with Gasteiger partial charge in [-0.3, -0.25) is 9.36 Å². The number of benzene rings is 1. The van der Waals surface area contributed by atoms with E-state index < -0.39 is 23.3 Å². The summed E-state index contributed by atoms with van der Waals surface area (Å²) >= 11 is 5.96. The topological polar surface area (TPSA) is 97.4 Å². The Morgan fingerprint density at radius 3 is 2.55 bits per heavy atom. The van der Waals surface area contributed by atoms with Crippen LogP contribution in [0, 0.1) is 0 Å². The molecule has 1 atom stereocenters. The molecule has 0 N–H and O–H groups in total. The smallest absolute Gasteiger partial charge is 0.337 e. The van der Waals surface area contributed by atoms with Crippen LogP contribution in [-0.4, -0.2) is 45.0 Å². The summed E-state index contributed by atoms with van der Waals surface area (Å²) < 4.78 is 13.9. The molecule has 2 heterocycles. The predicted molar refractivity (Wildman–Crippen MR) is 108 cm³/mol. The third-order valence-corrected chi connectivity index (χ3v) is 4.76. The van der Waals surface area contributed by atoms with Gasteiger partial charge < -0.3 is 14.0 Å². The summed E-state index contributed by atoms with van der Waals surface area (Å²) in [4.78, 5) is 42.7. The molecule has 0 bridgehead atoms. The van der Waals surface area contributed by atoms with Gasteiger partial charge in [-0.05, 0) is 38.1 Å². The van der Waals surface area contributed by atoms with Gasteiger partial charge in [0.05, 0.1) is 31.8 Å². The summed E-state index contributed by atoms with van der Waals surface area (Å²) in [6, 6.07) is 5.79. The summed E-state index contributed by atoms with van der Waals surface area (Å²) in [5.74, 6) is -0.501. The number of carbonyl (C=O) groups is 1. The molecule has 3 aromatic rings. The van der Waals surface area contributed by atoms with E-state index in [1.807, 2.05) is 0 Å². The molecule has 0 amide bonds. The number of esters is 1. The van der Waals surface area contributed by atoms with Crippen LogP contribution in [0.3, 0.4) is 0 Å². The Morgan fingerprint density at radius 1 is 1.24 bits per heavy atom. The van der Waals surface area contributed by atoms with Crippen molar-refractivity contribution in [2.24, 2.45) is 0 Å². The highest BCUT2D eigenvalue weighted by molar-refractivity contribution is 6.30. The summed E-state index contributed by atoms with van der Waals surface area (Å²) in [6.07, 6.45) is 1.36. The largest absolute Gasteiger partial charge is 0.464 e. The number of fused-ring (bicyclic) bond motifs is 1. The van der Waals surface area contributed by atoms with Crippen molar-refractivity contribution in [1.29, 1.82) is 0 Å². The van der Waals surface area contributed by atoms with E-state index in [0.717, 1.165) is 4.57 Å². The second-order valence-electron chi connectivity index (χ2n) is 6.30. The number of aromatic nitrogens is 4. The fourth-order valence-corrected chi connectivity index (χ4v) is 3.15. The highest BCUT2D eigenvalue weighted by Crippen LogP contribution is 2.19. The second kappa shape index (κ2) is 8.62. The number of rotatable bonds is 7. The van der Waals surface area contributed by atoms with Crippen LogP contribution < -0.4 is 11.2 Å². The Hall–Kier alpha value is -2.91. The molecule has 0 spiro atoms. The van der Waals surface area contributed by atoms with Crippen molar-refractivity contribution in [3.63, 3.8) is 0 Å². The van der Waals surface area contributed by atoms with Crippen molar-refractivity contribution in [1.82, 2.24) is 18.7 Å². The first-order chi connectivity index (χ1) is 13.9. The van der Waals surface area contributed by atoms with Gasteiger partial charge in [0.15, 0.2) is 11.2 Å². The average Bonchev–Trinajstić information content (AvgIpc) is 3.14. The molecule has 9 nitrogen and oxygen atoms in total. The molecule has 29 heavy (non-hydrogen) atoms. The van der Waals surface area contributed by atoms with E-state index in [-0.39, 0.29) is 30.9 Å². The Bertz CT molecular complexity index is 1150. The molecule has 1 aromatic carbocycles. The number of hydrogen-bond acceptors (Lipinski definition) is 6. The number of nitrogens with zero attached hydrogens (tertiary/aromatic N) is 4. The lowest BCUT2D eigenvalue weighted by molar-refractivity contribution is -0.146. The lowest BCUT2D eigenvalue weighted by Crippen LogP contribution is -2.41. The highest BCUT2D eigenvalue weighted by atomic mass is 35.5. The number of methoxy groups -OCH3 is 1. The zero-order valence-electron chi connectivity index (χ0n) is 16.3. The van der Waals surface area contributed by atoms with Crippen molar-refractivity contribution >= 4 is 28.7 Å². The third-order valence-electron chi connectivity index (χ3n) is 4.50. The average molecular weight is 421 g/mol. The zero-order chi connectivity index (χ0) is 21.1. The van der Waals surface area contributed by atoms with Crippen LogP contribution in [0.15, 0.2) is 40.2 Å². The lowest BCUT2D eigenvalue weighted by Gasteiger charge is -2.15. The Labute approximate surface area is 171 Å². The maximum Gasteiger partial charge on any atom is 0.337 e. The SMILES string of the molecule is CCOC(=O)[C@@H](C)n1cnc2c1c(=O)n(CCOC)c(=O)n2-c1ccc(Cl)cc1. The molecule has 0 aliphatic heterocycles. The predicted octanol–water partition coefficient (Wildman–Crippen LogP) is 1.77. The standard InChI is InChI=1S/C19H21ClN4O5/c1-4-29-18(26)12(2)23-11-21-16-15(23)17(25)22(9-10-28-3)19(27)24(16)14-7-5-13(20)6-8-14/h5-8,11-12H,4,9-10H2,1-3H3/t12-/m1/s1. The monoisotopic (exact) mass is 420 g/mol. The van der Waals surface area contributed by atoms with Gasteiger partial charge >= 0.3 is 11.7 Å². The van der Waals surface area contributed by atoms with Gasteiger partial charge in [0, 0.05) is 12.1 Å². The third kappa shape index (κ3) is 3.83. The van der Waals surface area contributed by atoms with Crippen molar-refractivity contribution in [3.05, 3.63) is 56.5 Å². The molecule has 0 aliphatic carbocycles. The molecular weight excluding hydrogens is 400 g/mol. The normalized spacial score (nSPS) is 12.3. The van der Waals surface area contributed by atoms with E-state index in [2.05, 4.69) is 4.98 Å². The minimum absolute atomic E-state index is 0.0522. The maximum absolute atomic E-state index is 13.1. The zero-order valence-corrected chi connectivity index (χ0v) is 17.0. The fourth-order valence-electron chi connectivity index (χ4n) is 3.02. The van der Waals surface area contributed by atoms with Gasteiger partial charge in [-0.2, -0.15) is 0 Å². The molecule has 3 rings (SSSR count). The van der Waals surface area contributed by atoms with E-state index >= 15 is 0 Å². The first-order valence-corrected chi connectivity index (χ1v) is 9.42. The molecule has 0 saturated heterocycles.